The van der Waals surface area contributed by atoms with Crippen LogP contribution in [0.25, 0.3) is 0 Å². The summed E-state index contributed by atoms with van der Waals surface area (Å²) in [5, 5.41) is 4.75. The summed E-state index contributed by atoms with van der Waals surface area (Å²) in [7, 11) is 1.50. The molecule has 1 aliphatic heterocycles. The monoisotopic (exact) mass is 143 g/mol. The highest BCUT2D eigenvalue weighted by molar-refractivity contribution is 6.01. The van der Waals surface area contributed by atoms with Crippen molar-refractivity contribution in [1.82, 2.24) is 10.6 Å². The molecule has 1 saturated heterocycles. The van der Waals surface area contributed by atoms with Gasteiger partial charge in [-0.1, -0.05) is 0 Å². The van der Waals surface area contributed by atoms with Gasteiger partial charge in [-0.2, -0.15) is 0 Å². The molecule has 56 valence electrons. The van der Waals surface area contributed by atoms with Crippen molar-refractivity contribution in [3.8, 4) is 0 Å². The van der Waals surface area contributed by atoms with Crippen LogP contribution in [0, 0.1) is 0 Å². The third kappa shape index (κ3) is 0.841. The number of nitrogens with one attached hydrogen (secondary N) is 2. The Morgan fingerprint density at radius 2 is 2.40 bits per heavy atom. The molecular formula is C5H9N3O2. The van der Waals surface area contributed by atoms with Crippen LogP contribution in [0.1, 0.15) is 0 Å². The predicted octanol–water partition coefficient (Wildman–Crippen LogP) is -2.44. The third-order valence-corrected chi connectivity index (χ3v) is 1.49. The van der Waals surface area contributed by atoms with Crippen LogP contribution in [-0.4, -0.2) is 30.9 Å². The number of hydrogen-bond donors (Lipinski definition) is 3. The van der Waals surface area contributed by atoms with Gasteiger partial charge in [0, 0.05) is 7.05 Å². The number of hydrogen-bond acceptors (Lipinski definition) is 3. The molecule has 1 aliphatic rings. The number of likely N-dealkylation sites (N-methyl/N-ethyl adjacent to an activating group) is 1. The second kappa shape index (κ2) is 2.26. The van der Waals surface area contributed by atoms with Gasteiger partial charge in [-0.15, -0.1) is 0 Å². The second-order valence-corrected chi connectivity index (χ2v) is 2.13. The first kappa shape index (κ1) is 7.01. The van der Waals surface area contributed by atoms with Crippen LogP contribution in [0.2, 0.25) is 0 Å². The molecule has 0 bridgehead atoms. The topological polar surface area (TPSA) is 84.2 Å². The zero-order chi connectivity index (χ0) is 7.72. The standard InChI is InChI=1S/C5H9N3O2/c1-7-5(10)3-2(6)4(9)8-3/h2-3H,6H2,1H3,(H,7,10)(H,8,9)/t2-,3-/m1/s1. The highest BCUT2D eigenvalue weighted by atomic mass is 16.2. The van der Waals surface area contributed by atoms with Crippen molar-refractivity contribution in [2.24, 2.45) is 5.73 Å². The SMILES string of the molecule is CNC(=O)[C@@H]1NC(=O)[C@@H]1N. The summed E-state index contributed by atoms with van der Waals surface area (Å²) in [6.07, 6.45) is 0. The van der Waals surface area contributed by atoms with E-state index in [4.69, 9.17) is 5.73 Å². The van der Waals surface area contributed by atoms with E-state index in [1.807, 2.05) is 0 Å². The number of rotatable bonds is 1. The molecule has 2 amide bonds. The molecule has 0 unspecified atom stereocenters. The van der Waals surface area contributed by atoms with E-state index < -0.39 is 12.1 Å². The van der Waals surface area contributed by atoms with Crippen molar-refractivity contribution >= 4 is 11.8 Å². The Kier molecular flexibility index (Phi) is 1.58. The van der Waals surface area contributed by atoms with E-state index in [2.05, 4.69) is 10.6 Å². The summed E-state index contributed by atoms with van der Waals surface area (Å²) in [6, 6.07) is -1.20. The van der Waals surface area contributed by atoms with E-state index >= 15 is 0 Å². The van der Waals surface area contributed by atoms with E-state index in [0.29, 0.717) is 0 Å². The first-order chi connectivity index (χ1) is 4.66. The van der Waals surface area contributed by atoms with Crippen molar-refractivity contribution in [3.63, 3.8) is 0 Å². The molecule has 0 aromatic carbocycles. The van der Waals surface area contributed by atoms with Gasteiger partial charge < -0.3 is 16.4 Å². The summed E-state index contributed by atoms with van der Waals surface area (Å²) < 4.78 is 0. The number of carbonyl (C=O) groups is 2. The van der Waals surface area contributed by atoms with Crippen molar-refractivity contribution < 1.29 is 9.59 Å². The number of amides is 2. The maximum absolute atomic E-state index is 10.7. The largest absolute Gasteiger partial charge is 0.357 e. The molecule has 1 heterocycles. The quantitative estimate of drug-likeness (QED) is 0.356. The van der Waals surface area contributed by atoms with Gasteiger partial charge in [-0.3, -0.25) is 9.59 Å². The summed E-state index contributed by atoms with van der Waals surface area (Å²) in [5.74, 6) is -0.513. The lowest BCUT2D eigenvalue weighted by Gasteiger charge is -2.31. The van der Waals surface area contributed by atoms with Crippen LogP contribution in [0.5, 0.6) is 0 Å². The maximum atomic E-state index is 10.7. The lowest BCUT2D eigenvalue weighted by Crippen LogP contribution is -2.71. The molecular weight excluding hydrogens is 134 g/mol. The Balaban J connectivity index is 2.47. The van der Waals surface area contributed by atoms with Crippen molar-refractivity contribution in [2.75, 3.05) is 7.05 Å². The Bertz CT molecular complexity index is 180. The average molecular weight is 143 g/mol. The number of β-lactam (4-membered cyclic amide) rings is 1. The molecule has 0 aliphatic carbocycles. The van der Waals surface area contributed by atoms with Gasteiger partial charge in [-0.25, -0.2) is 0 Å². The van der Waals surface area contributed by atoms with Crippen LogP contribution in [0.15, 0.2) is 0 Å². The van der Waals surface area contributed by atoms with Crippen molar-refractivity contribution in [3.05, 3.63) is 0 Å². The van der Waals surface area contributed by atoms with Crippen LogP contribution in [0.4, 0.5) is 0 Å². The van der Waals surface area contributed by atoms with Gasteiger partial charge in [0.1, 0.15) is 12.1 Å². The fourth-order valence-corrected chi connectivity index (χ4v) is 0.779. The zero-order valence-electron chi connectivity index (χ0n) is 5.55. The van der Waals surface area contributed by atoms with Gasteiger partial charge in [0.2, 0.25) is 11.8 Å². The minimum Gasteiger partial charge on any atom is -0.357 e. The van der Waals surface area contributed by atoms with Crippen LogP contribution in [-0.2, 0) is 9.59 Å². The summed E-state index contributed by atoms with van der Waals surface area (Å²) in [4.78, 5) is 21.2. The molecule has 10 heavy (non-hydrogen) atoms. The molecule has 4 N–H and O–H groups in total. The van der Waals surface area contributed by atoms with Crippen LogP contribution >= 0.6 is 0 Å². The van der Waals surface area contributed by atoms with Crippen LogP contribution in [0.3, 0.4) is 0 Å². The second-order valence-electron chi connectivity index (χ2n) is 2.13. The van der Waals surface area contributed by atoms with E-state index in [1.54, 1.807) is 0 Å². The normalized spacial score (nSPS) is 30.4. The van der Waals surface area contributed by atoms with E-state index in [0.717, 1.165) is 0 Å². The fourth-order valence-electron chi connectivity index (χ4n) is 0.779. The molecule has 2 atom stereocenters. The lowest BCUT2D eigenvalue weighted by molar-refractivity contribution is -0.138. The van der Waals surface area contributed by atoms with Gasteiger partial charge in [0.25, 0.3) is 0 Å². The zero-order valence-corrected chi connectivity index (χ0v) is 5.55. The van der Waals surface area contributed by atoms with Crippen molar-refractivity contribution in [1.29, 1.82) is 0 Å². The third-order valence-electron chi connectivity index (χ3n) is 1.49. The molecule has 5 nitrogen and oxygen atoms in total. The number of nitrogens with two attached hydrogens (primary N) is 1. The molecule has 0 saturated carbocycles. The molecule has 1 rings (SSSR count). The first-order valence-electron chi connectivity index (χ1n) is 2.94. The molecule has 0 aromatic heterocycles. The summed E-state index contributed by atoms with van der Waals surface area (Å²) in [5.41, 5.74) is 5.27. The van der Waals surface area contributed by atoms with E-state index in [9.17, 15) is 9.59 Å². The number of carbonyl (C=O) groups excluding carboxylic acids is 2. The molecule has 1 fully saturated rings. The van der Waals surface area contributed by atoms with Gasteiger partial charge in [-0.05, 0) is 0 Å². The predicted molar refractivity (Wildman–Crippen MR) is 34.0 cm³/mol. The van der Waals surface area contributed by atoms with E-state index in [-0.39, 0.29) is 11.8 Å². The van der Waals surface area contributed by atoms with Gasteiger partial charge in [0.15, 0.2) is 0 Å². The Labute approximate surface area is 58.0 Å². The first-order valence-corrected chi connectivity index (χ1v) is 2.94. The fraction of sp³-hybridized carbons (Fsp3) is 0.600. The summed E-state index contributed by atoms with van der Waals surface area (Å²) >= 11 is 0. The molecule has 5 heteroatoms. The Morgan fingerprint density at radius 1 is 1.80 bits per heavy atom. The minimum absolute atomic E-state index is 0.243. The van der Waals surface area contributed by atoms with E-state index in [1.165, 1.54) is 7.05 Å². The summed E-state index contributed by atoms with van der Waals surface area (Å²) in [6.45, 7) is 0. The molecule has 0 radical (unpaired) electrons. The lowest BCUT2D eigenvalue weighted by atomic mass is 10.00. The highest BCUT2D eigenvalue weighted by Gasteiger charge is 2.40. The minimum atomic E-state index is -0.667. The Morgan fingerprint density at radius 3 is 2.70 bits per heavy atom. The average Bonchev–Trinajstić information content (AvgIpc) is 1.98. The molecule has 0 spiro atoms. The van der Waals surface area contributed by atoms with Gasteiger partial charge >= 0.3 is 0 Å². The van der Waals surface area contributed by atoms with Gasteiger partial charge in [0.05, 0.1) is 0 Å². The highest BCUT2D eigenvalue weighted by Crippen LogP contribution is 2.01. The smallest absolute Gasteiger partial charge is 0.244 e. The van der Waals surface area contributed by atoms with Crippen LogP contribution < -0.4 is 16.4 Å². The molecule has 0 aromatic rings. The Hall–Kier alpha value is -1.10. The van der Waals surface area contributed by atoms with Crippen molar-refractivity contribution in [2.45, 2.75) is 12.1 Å². The maximum Gasteiger partial charge on any atom is 0.244 e.